The summed E-state index contributed by atoms with van der Waals surface area (Å²) in [7, 11) is 0. The van der Waals surface area contributed by atoms with Crippen molar-refractivity contribution in [3.8, 4) is 0 Å². The van der Waals surface area contributed by atoms with Gasteiger partial charge < -0.3 is 14.8 Å². The molecule has 1 N–H and O–H groups in total. The molecular weight excluding hydrogens is 491 g/mol. The van der Waals surface area contributed by atoms with Gasteiger partial charge in [-0.1, -0.05) is 49.7 Å². The molecule has 9 heteroatoms. The van der Waals surface area contributed by atoms with E-state index in [9.17, 15) is 22.8 Å². The van der Waals surface area contributed by atoms with E-state index in [4.69, 9.17) is 9.47 Å². The molecule has 4 rings (SSSR count). The highest BCUT2D eigenvalue weighted by molar-refractivity contribution is 7.98. The third kappa shape index (κ3) is 5.46. The van der Waals surface area contributed by atoms with Crippen LogP contribution in [0.2, 0.25) is 0 Å². The van der Waals surface area contributed by atoms with Crippen LogP contribution in [0, 0.1) is 0 Å². The maximum atomic E-state index is 13.2. The monoisotopic (exact) mass is 517 g/mol. The zero-order valence-electron chi connectivity index (χ0n) is 19.9. The van der Waals surface area contributed by atoms with E-state index in [1.165, 1.54) is 17.8 Å². The van der Waals surface area contributed by atoms with E-state index >= 15 is 0 Å². The number of esters is 2. The van der Waals surface area contributed by atoms with Crippen molar-refractivity contribution in [3.63, 3.8) is 0 Å². The van der Waals surface area contributed by atoms with Crippen LogP contribution >= 0.6 is 11.8 Å². The number of nitrogens with one attached hydrogen (secondary N) is 1. The van der Waals surface area contributed by atoms with E-state index in [1.54, 1.807) is 13.0 Å². The molecule has 0 amide bonds. The molecule has 0 spiro atoms. The largest absolute Gasteiger partial charge is 0.462 e. The number of unbranched alkanes of at least 4 members (excludes halogenated alkanes) is 1. The average Bonchev–Trinajstić information content (AvgIpc) is 3.21. The van der Waals surface area contributed by atoms with Crippen LogP contribution in [0.5, 0.6) is 0 Å². The first-order chi connectivity index (χ1) is 17.2. The molecule has 0 radical (unpaired) electrons. The van der Waals surface area contributed by atoms with Crippen LogP contribution in [-0.4, -0.2) is 25.2 Å². The third-order valence-corrected chi connectivity index (χ3v) is 7.20. The molecule has 0 aromatic heterocycles. The number of dihydropyridines is 1. The number of carbonyl (C=O) groups excluding carboxylic acids is 2. The Hall–Kier alpha value is -3.20. The zero-order valence-corrected chi connectivity index (χ0v) is 20.7. The Morgan fingerprint density at radius 3 is 2.72 bits per heavy atom. The van der Waals surface area contributed by atoms with Gasteiger partial charge in [0.1, 0.15) is 6.61 Å². The summed E-state index contributed by atoms with van der Waals surface area (Å²) < 4.78 is 50.3. The van der Waals surface area contributed by atoms with Crippen LogP contribution in [-0.2, 0) is 31.0 Å². The Morgan fingerprint density at radius 1 is 1.19 bits per heavy atom. The summed E-state index contributed by atoms with van der Waals surface area (Å²) in [5.74, 6) is -1.45. The maximum Gasteiger partial charge on any atom is 0.416 e. The smallest absolute Gasteiger partial charge is 0.416 e. The number of rotatable bonds is 8. The number of benzene rings is 2. The van der Waals surface area contributed by atoms with E-state index in [1.807, 2.05) is 31.2 Å². The standard InChI is InChI=1S/C27H26F3NO4S/c1-3-4-12-34-25(32)22-16(2)31-20-14-35-26(33)24(20)23(22)19-10-5-6-11-21(19)36-15-17-8-7-9-18(13-17)27(28,29)30/h5-11,13,23,31H,3-4,12,14-15H2,1-2H3. The molecule has 0 saturated carbocycles. The van der Waals surface area contributed by atoms with Crippen LogP contribution < -0.4 is 5.32 Å². The molecule has 36 heavy (non-hydrogen) atoms. The second-order valence-electron chi connectivity index (χ2n) is 8.58. The van der Waals surface area contributed by atoms with Crippen molar-refractivity contribution in [2.45, 2.75) is 49.4 Å². The van der Waals surface area contributed by atoms with Crippen molar-refractivity contribution in [1.29, 1.82) is 0 Å². The Kier molecular flexibility index (Phi) is 7.78. The second kappa shape index (κ2) is 10.8. The fourth-order valence-corrected chi connectivity index (χ4v) is 5.31. The molecule has 0 saturated heterocycles. The minimum Gasteiger partial charge on any atom is -0.462 e. The normalized spacial score (nSPS) is 17.6. The molecule has 5 nitrogen and oxygen atoms in total. The first kappa shape index (κ1) is 25.9. The molecule has 0 bridgehead atoms. The molecular formula is C27H26F3NO4S. The highest BCUT2D eigenvalue weighted by Crippen LogP contribution is 2.45. The first-order valence-corrected chi connectivity index (χ1v) is 12.6. The molecule has 1 atom stereocenters. The molecule has 1 unspecified atom stereocenters. The van der Waals surface area contributed by atoms with Crippen molar-refractivity contribution >= 4 is 23.7 Å². The summed E-state index contributed by atoms with van der Waals surface area (Å²) in [4.78, 5) is 26.7. The Bertz CT molecular complexity index is 1240. The van der Waals surface area contributed by atoms with Gasteiger partial charge in [-0.3, -0.25) is 0 Å². The van der Waals surface area contributed by atoms with Gasteiger partial charge in [0.25, 0.3) is 0 Å². The van der Waals surface area contributed by atoms with Crippen LogP contribution in [0.15, 0.2) is 76.0 Å². The van der Waals surface area contributed by atoms with Gasteiger partial charge >= 0.3 is 18.1 Å². The van der Waals surface area contributed by atoms with Gasteiger partial charge in [-0.05, 0) is 36.6 Å². The predicted octanol–water partition coefficient (Wildman–Crippen LogP) is 6.11. The van der Waals surface area contributed by atoms with E-state index < -0.39 is 29.6 Å². The molecule has 190 valence electrons. The SMILES string of the molecule is CCCCOC(=O)C1=C(C)NC2=C(C(=O)OC2)C1c1ccccc1SCc1cccc(C(F)(F)F)c1. The summed E-state index contributed by atoms with van der Waals surface area (Å²) in [6.45, 7) is 4.10. The molecule has 0 aliphatic carbocycles. The molecule has 2 aliphatic heterocycles. The average molecular weight is 518 g/mol. The fourth-order valence-electron chi connectivity index (χ4n) is 4.28. The lowest BCUT2D eigenvalue weighted by Crippen LogP contribution is -2.30. The number of hydrogen-bond acceptors (Lipinski definition) is 6. The van der Waals surface area contributed by atoms with Crippen molar-refractivity contribution in [2.24, 2.45) is 0 Å². The van der Waals surface area contributed by atoms with Gasteiger partial charge in [-0.2, -0.15) is 13.2 Å². The Morgan fingerprint density at radius 2 is 1.97 bits per heavy atom. The highest BCUT2D eigenvalue weighted by Gasteiger charge is 2.42. The Balaban J connectivity index is 1.69. The van der Waals surface area contributed by atoms with Crippen molar-refractivity contribution in [3.05, 3.63) is 87.8 Å². The van der Waals surface area contributed by atoms with Gasteiger partial charge in [0.15, 0.2) is 0 Å². The maximum absolute atomic E-state index is 13.2. The van der Waals surface area contributed by atoms with E-state index in [0.717, 1.165) is 29.9 Å². The Labute approximate surface area is 211 Å². The van der Waals surface area contributed by atoms with Crippen molar-refractivity contribution in [2.75, 3.05) is 13.2 Å². The van der Waals surface area contributed by atoms with E-state index in [0.29, 0.717) is 33.7 Å². The third-order valence-electron chi connectivity index (χ3n) is 6.04. The van der Waals surface area contributed by atoms with Gasteiger partial charge in [-0.15, -0.1) is 11.8 Å². The molecule has 2 aromatic rings. The minimum absolute atomic E-state index is 0.0830. The lowest BCUT2D eigenvalue weighted by Gasteiger charge is -2.29. The van der Waals surface area contributed by atoms with Crippen LogP contribution in [0.1, 0.15) is 49.3 Å². The number of carbonyl (C=O) groups is 2. The van der Waals surface area contributed by atoms with Crippen LogP contribution in [0.3, 0.4) is 0 Å². The number of halogens is 3. The predicted molar refractivity (Wildman–Crippen MR) is 130 cm³/mol. The zero-order chi connectivity index (χ0) is 25.9. The van der Waals surface area contributed by atoms with Gasteiger partial charge in [0.05, 0.1) is 34.9 Å². The lowest BCUT2D eigenvalue weighted by atomic mass is 9.81. The van der Waals surface area contributed by atoms with E-state index in [2.05, 4.69) is 5.32 Å². The summed E-state index contributed by atoms with van der Waals surface area (Å²) in [5.41, 5.74) is 2.38. The topological polar surface area (TPSA) is 64.6 Å². The number of allylic oxidation sites excluding steroid dienone is 1. The highest BCUT2D eigenvalue weighted by atomic mass is 32.2. The molecule has 2 aromatic carbocycles. The minimum atomic E-state index is -4.42. The second-order valence-corrected chi connectivity index (χ2v) is 9.60. The number of alkyl halides is 3. The summed E-state index contributed by atoms with van der Waals surface area (Å²) in [6.07, 6.45) is -2.84. The number of hydrogen-bond donors (Lipinski definition) is 1. The number of thioether (sulfide) groups is 1. The van der Waals surface area contributed by atoms with Crippen molar-refractivity contribution in [1.82, 2.24) is 5.32 Å². The van der Waals surface area contributed by atoms with Gasteiger partial charge in [0.2, 0.25) is 0 Å². The number of cyclic esters (lactones) is 1. The lowest BCUT2D eigenvalue weighted by molar-refractivity contribution is -0.140. The first-order valence-electron chi connectivity index (χ1n) is 11.6. The quantitative estimate of drug-likeness (QED) is 0.259. The summed E-state index contributed by atoms with van der Waals surface area (Å²) in [5, 5.41) is 3.13. The fraction of sp³-hybridized carbons (Fsp3) is 0.333. The summed E-state index contributed by atoms with van der Waals surface area (Å²) >= 11 is 1.35. The van der Waals surface area contributed by atoms with E-state index in [-0.39, 0.29) is 19.0 Å². The number of ether oxygens (including phenoxy) is 2. The molecule has 2 aliphatic rings. The summed E-state index contributed by atoms with van der Waals surface area (Å²) in [6, 6.07) is 12.5. The molecule has 0 fully saturated rings. The van der Waals surface area contributed by atoms with Gasteiger partial charge in [-0.25, -0.2) is 9.59 Å². The van der Waals surface area contributed by atoms with Crippen LogP contribution in [0.25, 0.3) is 0 Å². The van der Waals surface area contributed by atoms with Crippen molar-refractivity contribution < 1.29 is 32.2 Å². The molecule has 2 heterocycles. The van der Waals surface area contributed by atoms with Gasteiger partial charge in [0, 0.05) is 16.3 Å². The van der Waals surface area contributed by atoms with Crippen LogP contribution in [0.4, 0.5) is 13.2 Å².